The molecule has 0 saturated carbocycles. The van der Waals surface area contributed by atoms with Crippen LogP contribution in [0.3, 0.4) is 0 Å². The zero-order valence-corrected chi connectivity index (χ0v) is 25.6. The average molecular weight is 601 g/mol. The van der Waals surface area contributed by atoms with Crippen LogP contribution in [-0.2, 0) is 14.8 Å². The van der Waals surface area contributed by atoms with Crippen LogP contribution in [0, 0.1) is 0 Å². The van der Waals surface area contributed by atoms with E-state index in [0.29, 0.717) is 30.4 Å². The van der Waals surface area contributed by atoms with E-state index in [1.165, 1.54) is 11.3 Å². The number of anilines is 1. The van der Waals surface area contributed by atoms with Crippen molar-refractivity contribution in [1.29, 1.82) is 0 Å². The lowest BCUT2D eigenvalue weighted by atomic mass is 10.0. The Labute approximate surface area is 247 Å². The third-order valence-electron chi connectivity index (χ3n) is 7.85. The quantitative estimate of drug-likeness (QED) is 0.305. The van der Waals surface area contributed by atoms with Crippen LogP contribution < -0.4 is 9.64 Å². The number of benzene rings is 2. The summed E-state index contributed by atoms with van der Waals surface area (Å²) in [4.78, 5) is 23.0. The normalized spacial score (nSPS) is 18.9. The summed E-state index contributed by atoms with van der Waals surface area (Å²) in [5, 5.41) is 0.622. The van der Waals surface area contributed by atoms with Crippen molar-refractivity contribution in [1.82, 2.24) is 14.2 Å². The summed E-state index contributed by atoms with van der Waals surface area (Å²) in [6.45, 7) is 9.70. The summed E-state index contributed by atoms with van der Waals surface area (Å²) in [7, 11) is -3.62. The maximum atomic E-state index is 13.9. The number of piperidine rings is 1. The third-order valence-corrected chi connectivity index (χ3v) is 10.9. The number of hydrogen-bond acceptors (Lipinski definition) is 8. The number of morpholine rings is 1. The number of aromatic nitrogens is 1. The molecule has 2 aliphatic rings. The molecule has 3 heterocycles. The maximum absolute atomic E-state index is 13.9. The molecule has 41 heavy (non-hydrogen) atoms. The lowest BCUT2D eigenvalue weighted by Crippen LogP contribution is -2.43. The van der Waals surface area contributed by atoms with Crippen LogP contribution in [0.1, 0.15) is 56.3 Å². The first-order valence-corrected chi connectivity index (χ1v) is 16.9. The van der Waals surface area contributed by atoms with Crippen molar-refractivity contribution in [3.63, 3.8) is 0 Å². The van der Waals surface area contributed by atoms with Gasteiger partial charge >= 0.3 is 0 Å². The summed E-state index contributed by atoms with van der Waals surface area (Å²) in [5.41, 5.74) is 1.25. The Balaban J connectivity index is 1.38. The van der Waals surface area contributed by atoms with E-state index in [-0.39, 0.29) is 16.8 Å². The van der Waals surface area contributed by atoms with Gasteiger partial charge in [-0.2, -0.15) is 4.31 Å². The molecule has 5 rings (SSSR count). The number of amides is 1. The highest BCUT2D eigenvalue weighted by Crippen LogP contribution is 2.33. The second kappa shape index (κ2) is 13.6. The maximum Gasteiger partial charge on any atom is 0.260 e. The zero-order chi connectivity index (χ0) is 28.8. The monoisotopic (exact) mass is 600 g/mol. The summed E-state index contributed by atoms with van der Waals surface area (Å²) >= 11 is 1.46. The molecule has 0 bridgehead atoms. The summed E-state index contributed by atoms with van der Waals surface area (Å²) in [6.07, 6.45) is 4.40. The molecule has 2 saturated heterocycles. The minimum atomic E-state index is -3.62. The number of carbonyl (C=O) groups excluding carboxylic acids is 1. The fourth-order valence-electron chi connectivity index (χ4n) is 5.59. The summed E-state index contributed by atoms with van der Waals surface area (Å²) in [5.74, 6) is 0.584. The number of carbonyl (C=O) groups is 1. The number of thiazole rings is 1. The van der Waals surface area contributed by atoms with E-state index < -0.39 is 10.0 Å². The van der Waals surface area contributed by atoms with E-state index in [2.05, 4.69) is 4.90 Å². The number of ether oxygens (including phenoxy) is 2. The van der Waals surface area contributed by atoms with Crippen molar-refractivity contribution in [3.8, 4) is 5.75 Å². The Morgan fingerprint density at radius 3 is 2.61 bits per heavy atom. The van der Waals surface area contributed by atoms with Crippen LogP contribution >= 0.6 is 11.3 Å². The minimum Gasteiger partial charge on any atom is -0.494 e. The second-order valence-electron chi connectivity index (χ2n) is 10.5. The van der Waals surface area contributed by atoms with Gasteiger partial charge in [-0.15, -0.1) is 0 Å². The standard InChI is InChI=1S/C30H40N4O5S2/c1-3-24-8-5-6-17-34(24)41(36,37)26-12-9-23(10-13-26)29(35)33(16-7-15-32-18-20-38-21-19-32)30-31-27-14-11-25(39-4-2)22-28(27)40-30/h9-14,22,24H,3-8,15-21H2,1-2H3. The van der Waals surface area contributed by atoms with Gasteiger partial charge < -0.3 is 9.47 Å². The number of rotatable bonds is 11. The van der Waals surface area contributed by atoms with E-state index >= 15 is 0 Å². The highest BCUT2D eigenvalue weighted by Gasteiger charge is 2.32. The third kappa shape index (κ3) is 6.91. The molecular formula is C30H40N4O5S2. The van der Waals surface area contributed by atoms with Crippen LogP contribution in [0.25, 0.3) is 10.2 Å². The average Bonchev–Trinajstić information content (AvgIpc) is 3.43. The van der Waals surface area contributed by atoms with E-state index in [9.17, 15) is 13.2 Å². The molecule has 0 aliphatic carbocycles. The first-order chi connectivity index (χ1) is 19.9. The van der Waals surface area contributed by atoms with Gasteiger partial charge in [-0.05, 0) is 75.1 Å². The van der Waals surface area contributed by atoms with Crippen LogP contribution in [0.15, 0.2) is 47.4 Å². The van der Waals surface area contributed by atoms with Gasteiger partial charge in [-0.25, -0.2) is 13.4 Å². The van der Waals surface area contributed by atoms with E-state index in [1.807, 2.05) is 32.0 Å². The Hall–Kier alpha value is -2.57. The van der Waals surface area contributed by atoms with Crippen molar-refractivity contribution in [2.24, 2.45) is 0 Å². The lowest BCUT2D eigenvalue weighted by molar-refractivity contribution is 0.0376. The molecule has 1 aromatic heterocycles. The molecule has 222 valence electrons. The van der Waals surface area contributed by atoms with Crippen molar-refractivity contribution < 1.29 is 22.7 Å². The highest BCUT2D eigenvalue weighted by atomic mass is 32.2. The number of fused-ring (bicyclic) bond motifs is 1. The first kappa shape index (κ1) is 29.9. The van der Waals surface area contributed by atoms with Crippen LogP contribution in [0.2, 0.25) is 0 Å². The fourth-order valence-corrected chi connectivity index (χ4v) is 8.37. The minimum absolute atomic E-state index is 0.0271. The molecule has 1 atom stereocenters. The molecule has 1 unspecified atom stereocenters. The zero-order valence-electron chi connectivity index (χ0n) is 24.0. The van der Waals surface area contributed by atoms with E-state index in [1.54, 1.807) is 33.5 Å². The van der Waals surface area contributed by atoms with Crippen LogP contribution in [-0.4, -0.2) is 87.1 Å². The summed E-state index contributed by atoms with van der Waals surface area (Å²) < 4.78 is 40.6. The topological polar surface area (TPSA) is 92.3 Å². The molecule has 2 fully saturated rings. The SMILES string of the molecule is CCOc1ccc2nc(N(CCCN3CCOCC3)C(=O)c3ccc(S(=O)(=O)N4CCCCC4CC)cc3)sc2c1. The predicted octanol–water partition coefficient (Wildman–Crippen LogP) is 5.02. The largest absolute Gasteiger partial charge is 0.494 e. The Morgan fingerprint density at radius 1 is 1.10 bits per heavy atom. The van der Waals surface area contributed by atoms with Crippen LogP contribution in [0.5, 0.6) is 5.75 Å². The smallest absolute Gasteiger partial charge is 0.260 e. The molecule has 9 nitrogen and oxygen atoms in total. The van der Waals surface area contributed by atoms with Gasteiger partial charge in [-0.3, -0.25) is 14.6 Å². The lowest BCUT2D eigenvalue weighted by Gasteiger charge is -2.34. The number of sulfonamides is 1. The van der Waals surface area contributed by atoms with Crippen molar-refractivity contribution in [2.45, 2.75) is 56.9 Å². The summed E-state index contributed by atoms with van der Waals surface area (Å²) in [6, 6.07) is 12.2. The Bertz CT molecular complexity index is 1420. The van der Waals surface area contributed by atoms with Gasteiger partial charge in [-0.1, -0.05) is 24.7 Å². The number of hydrogen-bond donors (Lipinski definition) is 0. The van der Waals surface area contributed by atoms with Gasteiger partial charge in [0.25, 0.3) is 5.91 Å². The van der Waals surface area contributed by atoms with Gasteiger partial charge in [0.15, 0.2) is 5.13 Å². The van der Waals surface area contributed by atoms with Crippen molar-refractivity contribution >= 4 is 42.6 Å². The van der Waals surface area contributed by atoms with Gasteiger partial charge in [0.05, 0.1) is 34.9 Å². The van der Waals surface area contributed by atoms with Gasteiger partial charge in [0.2, 0.25) is 10.0 Å². The van der Waals surface area contributed by atoms with Crippen molar-refractivity contribution in [2.75, 3.05) is 57.4 Å². The van der Waals surface area contributed by atoms with Crippen molar-refractivity contribution in [3.05, 3.63) is 48.0 Å². The first-order valence-electron chi connectivity index (χ1n) is 14.7. The molecule has 0 spiro atoms. The number of nitrogens with zero attached hydrogens (tertiary/aromatic N) is 4. The molecule has 2 aromatic carbocycles. The highest BCUT2D eigenvalue weighted by molar-refractivity contribution is 7.89. The van der Waals surface area contributed by atoms with Gasteiger partial charge in [0.1, 0.15) is 5.75 Å². The van der Waals surface area contributed by atoms with E-state index in [4.69, 9.17) is 14.5 Å². The molecule has 0 radical (unpaired) electrons. The fraction of sp³-hybridized carbons (Fsp3) is 0.533. The Morgan fingerprint density at radius 2 is 1.88 bits per heavy atom. The van der Waals surface area contributed by atoms with Crippen LogP contribution in [0.4, 0.5) is 5.13 Å². The predicted molar refractivity (Wildman–Crippen MR) is 163 cm³/mol. The molecular weight excluding hydrogens is 560 g/mol. The molecule has 1 amide bonds. The molecule has 2 aliphatic heterocycles. The second-order valence-corrected chi connectivity index (χ2v) is 13.4. The van der Waals surface area contributed by atoms with E-state index in [0.717, 1.165) is 80.9 Å². The molecule has 0 N–H and O–H groups in total. The Kier molecular flexibility index (Phi) is 9.92. The van der Waals surface area contributed by atoms with Gasteiger partial charge in [0, 0.05) is 44.3 Å². The molecule has 3 aromatic rings. The molecule has 11 heteroatoms.